The van der Waals surface area contributed by atoms with Gasteiger partial charge in [0.2, 0.25) is 5.91 Å². The van der Waals surface area contributed by atoms with Crippen molar-refractivity contribution in [2.24, 2.45) is 5.41 Å². The van der Waals surface area contributed by atoms with Gasteiger partial charge in [0, 0.05) is 42.5 Å². The molecule has 0 unspecified atom stereocenters. The lowest BCUT2D eigenvalue weighted by molar-refractivity contribution is -0.140. The fourth-order valence-corrected chi connectivity index (χ4v) is 3.11. The molecule has 0 aliphatic carbocycles. The third-order valence-electron chi connectivity index (χ3n) is 4.50. The average Bonchev–Trinajstić information content (AvgIpc) is 2.95. The van der Waals surface area contributed by atoms with Crippen LogP contribution in [0.5, 0.6) is 0 Å². The molecule has 1 aliphatic heterocycles. The highest BCUT2D eigenvalue weighted by atomic mass is 16.2. The van der Waals surface area contributed by atoms with Crippen LogP contribution >= 0.6 is 0 Å². The molecule has 1 aromatic heterocycles. The van der Waals surface area contributed by atoms with Gasteiger partial charge in [0.25, 0.3) is 5.91 Å². The normalized spacial score (nSPS) is 15.8. The number of rotatable bonds is 1. The summed E-state index contributed by atoms with van der Waals surface area (Å²) in [5.41, 5.74) is 2.39. The summed E-state index contributed by atoms with van der Waals surface area (Å²) in [6.07, 6.45) is 0. The number of H-pyrrole nitrogens is 1. The van der Waals surface area contributed by atoms with E-state index in [-0.39, 0.29) is 17.2 Å². The molecule has 1 aliphatic rings. The average molecular weight is 327 g/mol. The van der Waals surface area contributed by atoms with Gasteiger partial charge in [-0.1, -0.05) is 32.9 Å². The number of piperazine rings is 1. The lowest BCUT2D eigenvalue weighted by Gasteiger charge is -2.37. The van der Waals surface area contributed by atoms with Crippen LogP contribution in [0.25, 0.3) is 10.9 Å². The maximum Gasteiger partial charge on any atom is 0.270 e. The van der Waals surface area contributed by atoms with Crippen molar-refractivity contribution in [1.82, 2.24) is 14.8 Å². The highest BCUT2D eigenvalue weighted by Gasteiger charge is 2.31. The number of fused-ring (bicyclic) bond motifs is 1. The molecule has 24 heavy (non-hydrogen) atoms. The van der Waals surface area contributed by atoms with Gasteiger partial charge >= 0.3 is 0 Å². The first-order chi connectivity index (χ1) is 11.3. The Hall–Kier alpha value is -2.30. The van der Waals surface area contributed by atoms with Crippen LogP contribution in [0.1, 0.15) is 36.8 Å². The summed E-state index contributed by atoms with van der Waals surface area (Å²) in [4.78, 5) is 32.0. The molecule has 1 fully saturated rings. The Labute approximate surface area is 142 Å². The lowest BCUT2D eigenvalue weighted by Crippen LogP contribution is -2.53. The number of aromatic amines is 1. The smallest absolute Gasteiger partial charge is 0.270 e. The zero-order chi connectivity index (χ0) is 17.5. The fourth-order valence-electron chi connectivity index (χ4n) is 3.11. The lowest BCUT2D eigenvalue weighted by atomic mass is 9.94. The van der Waals surface area contributed by atoms with Gasteiger partial charge in [-0.05, 0) is 24.6 Å². The molecule has 128 valence electrons. The second kappa shape index (κ2) is 5.96. The number of nitrogens with one attached hydrogen (secondary N) is 1. The van der Waals surface area contributed by atoms with Gasteiger partial charge in [-0.2, -0.15) is 0 Å². The molecular formula is C19H25N3O2. The number of carbonyl (C=O) groups excluding carboxylic acids is 2. The number of amides is 2. The van der Waals surface area contributed by atoms with Gasteiger partial charge in [-0.15, -0.1) is 0 Å². The molecule has 0 atom stereocenters. The van der Waals surface area contributed by atoms with Gasteiger partial charge in [0.1, 0.15) is 5.69 Å². The monoisotopic (exact) mass is 327 g/mol. The first-order valence-corrected chi connectivity index (χ1v) is 8.44. The van der Waals surface area contributed by atoms with Crippen molar-refractivity contribution in [3.63, 3.8) is 0 Å². The van der Waals surface area contributed by atoms with Crippen LogP contribution in [0, 0.1) is 12.3 Å². The van der Waals surface area contributed by atoms with Gasteiger partial charge in [-0.3, -0.25) is 9.59 Å². The molecule has 1 N–H and O–H groups in total. The van der Waals surface area contributed by atoms with E-state index in [4.69, 9.17) is 0 Å². The third kappa shape index (κ3) is 3.16. The van der Waals surface area contributed by atoms with E-state index in [9.17, 15) is 9.59 Å². The molecule has 0 radical (unpaired) electrons. The van der Waals surface area contributed by atoms with E-state index >= 15 is 0 Å². The molecule has 2 heterocycles. The maximum atomic E-state index is 12.7. The van der Waals surface area contributed by atoms with Crippen LogP contribution in [-0.4, -0.2) is 52.8 Å². The largest absolute Gasteiger partial charge is 0.351 e. The Morgan fingerprint density at radius 2 is 1.62 bits per heavy atom. The van der Waals surface area contributed by atoms with Crippen molar-refractivity contribution in [2.45, 2.75) is 27.7 Å². The summed E-state index contributed by atoms with van der Waals surface area (Å²) in [5, 5.41) is 1.05. The highest BCUT2D eigenvalue weighted by Crippen LogP contribution is 2.21. The predicted molar refractivity (Wildman–Crippen MR) is 95.0 cm³/mol. The van der Waals surface area contributed by atoms with E-state index in [1.165, 1.54) is 0 Å². The predicted octanol–water partition coefficient (Wildman–Crippen LogP) is 2.81. The van der Waals surface area contributed by atoms with E-state index in [1.54, 1.807) is 0 Å². The van der Waals surface area contributed by atoms with E-state index < -0.39 is 0 Å². The molecule has 0 saturated carbocycles. The number of benzene rings is 1. The second-order valence-electron chi connectivity index (χ2n) is 7.61. The summed E-state index contributed by atoms with van der Waals surface area (Å²) < 4.78 is 0. The number of aromatic nitrogens is 1. The molecule has 1 saturated heterocycles. The molecule has 5 heteroatoms. The third-order valence-corrected chi connectivity index (χ3v) is 4.50. The number of aryl methyl sites for hydroxylation is 1. The first kappa shape index (κ1) is 16.6. The van der Waals surface area contributed by atoms with E-state index in [0.717, 1.165) is 16.5 Å². The van der Waals surface area contributed by atoms with Crippen molar-refractivity contribution in [3.05, 3.63) is 35.5 Å². The number of nitrogens with zero attached hydrogens (tertiary/aromatic N) is 2. The van der Waals surface area contributed by atoms with Crippen LogP contribution in [0.3, 0.4) is 0 Å². The minimum absolute atomic E-state index is 0.00621. The summed E-state index contributed by atoms with van der Waals surface area (Å²) in [6, 6.07) is 8.02. The Morgan fingerprint density at radius 3 is 2.25 bits per heavy atom. The van der Waals surface area contributed by atoms with Gasteiger partial charge in [-0.25, -0.2) is 0 Å². The molecule has 1 aromatic carbocycles. The van der Waals surface area contributed by atoms with Crippen LogP contribution in [0.4, 0.5) is 0 Å². The quantitative estimate of drug-likeness (QED) is 0.875. The van der Waals surface area contributed by atoms with Crippen molar-refractivity contribution >= 4 is 22.7 Å². The van der Waals surface area contributed by atoms with Crippen molar-refractivity contribution < 1.29 is 9.59 Å². The zero-order valence-corrected chi connectivity index (χ0v) is 14.8. The maximum absolute atomic E-state index is 12.7. The van der Waals surface area contributed by atoms with Gasteiger partial charge in [0.05, 0.1) is 0 Å². The summed E-state index contributed by atoms with van der Waals surface area (Å²) in [7, 11) is 0. The van der Waals surface area contributed by atoms with Crippen LogP contribution in [-0.2, 0) is 4.79 Å². The van der Waals surface area contributed by atoms with Crippen molar-refractivity contribution in [3.8, 4) is 0 Å². The molecule has 3 rings (SSSR count). The van der Waals surface area contributed by atoms with E-state index in [2.05, 4.69) is 4.98 Å². The zero-order valence-electron chi connectivity index (χ0n) is 14.8. The SMILES string of the molecule is Cc1ccc2cc(C(=O)N3CCN(C(=O)C(C)(C)C)CC3)[nH]c2c1. The first-order valence-electron chi connectivity index (χ1n) is 8.44. The Morgan fingerprint density at radius 1 is 1.00 bits per heavy atom. The molecule has 2 aromatic rings. The molecular weight excluding hydrogens is 302 g/mol. The van der Waals surface area contributed by atoms with Crippen LogP contribution in [0.2, 0.25) is 0 Å². The highest BCUT2D eigenvalue weighted by molar-refractivity contribution is 5.98. The molecule has 2 amide bonds. The Balaban J connectivity index is 1.69. The van der Waals surface area contributed by atoms with E-state index in [1.807, 2.05) is 61.8 Å². The van der Waals surface area contributed by atoms with Crippen molar-refractivity contribution in [1.29, 1.82) is 0 Å². The molecule has 0 spiro atoms. The van der Waals surface area contributed by atoms with Crippen LogP contribution < -0.4 is 0 Å². The fraction of sp³-hybridized carbons (Fsp3) is 0.474. The standard InChI is InChI=1S/C19H25N3O2/c1-13-5-6-14-12-16(20-15(14)11-13)17(23)21-7-9-22(10-8-21)18(24)19(2,3)4/h5-6,11-12,20H,7-10H2,1-4H3. The summed E-state index contributed by atoms with van der Waals surface area (Å²) in [5.74, 6) is 0.155. The second-order valence-corrected chi connectivity index (χ2v) is 7.61. The molecule has 5 nitrogen and oxygen atoms in total. The summed E-state index contributed by atoms with van der Waals surface area (Å²) in [6.45, 7) is 10.2. The summed E-state index contributed by atoms with van der Waals surface area (Å²) >= 11 is 0. The molecule has 0 bridgehead atoms. The minimum atomic E-state index is -0.374. The number of carbonyl (C=O) groups is 2. The number of hydrogen-bond acceptors (Lipinski definition) is 2. The topological polar surface area (TPSA) is 56.4 Å². The van der Waals surface area contributed by atoms with Gasteiger partial charge in [0.15, 0.2) is 0 Å². The minimum Gasteiger partial charge on any atom is -0.351 e. The Kier molecular flexibility index (Phi) is 4.11. The number of hydrogen-bond donors (Lipinski definition) is 1. The van der Waals surface area contributed by atoms with Crippen LogP contribution in [0.15, 0.2) is 24.3 Å². The van der Waals surface area contributed by atoms with Crippen molar-refractivity contribution in [2.75, 3.05) is 26.2 Å². The van der Waals surface area contributed by atoms with Gasteiger partial charge < -0.3 is 14.8 Å². The Bertz CT molecular complexity index is 777. The van der Waals surface area contributed by atoms with E-state index in [0.29, 0.717) is 31.9 Å².